The highest BCUT2D eigenvalue weighted by molar-refractivity contribution is 6.30. The molecule has 2 aromatic carbocycles. The fraction of sp³-hybridized carbons (Fsp3) is 0.278. The first-order valence-electron chi connectivity index (χ1n) is 7.51. The van der Waals surface area contributed by atoms with Crippen LogP contribution in [0.1, 0.15) is 34.8 Å². The first-order valence-corrected chi connectivity index (χ1v) is 7.88. The van der Waals surface area contributed by atoms with Crippen LogP contribution in [0.5, 0.6) is 5.75 Å². The lowest BCUT2D eigenvalue weighted by Gasteiger charge is -2.15. The van der Waals surface area contributed by atoms with Crippen molar-refractivity contribution >= 4 is 23.3 Å². The van der Waals surface area contributed by atoms with Gasteiger partial charge in [-0.3, -0.25) is 0 Å². The molecule has 0 aliphatic heterocycles. The normalized spacial score (nSPS) is 10.4. The lowest BCUT2D eigenvalue weighted by atomic mass is 10.1. The van der Waals surface area contributed by atoms with Crippen LogP contribution in [0.3, 0.4) is 0 Å². The van der Waals surface area contributed by atoms with E-state index in [9.17, 15) is 9.90 Å². The van der Waals surface area contributed by atoms with E-state index in [1.807, 2.05) is 18.2 Å². The van der Waals surface area contributed by atoms with Gasteiger partial charge in [0.15, 0.2) is 0 Å². The van der Waals surface area contributed by atoms with Gasteiger partial charge in [-0.25, -0.2) is 4.79 Å². The van der Waals surface area contributed by atoms with Gasteiger partial charge in [-0.1, -0.05) is 24.6 Å². The Kier molecular flexibility index (Phi) is 5.88. The van der Waals surface area contributed by atoms with Crippen molar-refractivity contribution in [2.24, 2.45) is 0 Å². The Morgan fingerprint density at radius 3 is 2.78 bits per heavy atom. The predicted molar refractivity (Wildman–Crippen MR) is 92.7 cm³/mol. The molecule has 0 spiro atoms. The largest absolute Gasteiger partial charge is 0.493 e. The average molecular weight is 334 g/mol. The summed E-state index contributed by atoms with van der Waals surface area (Å²) in [5.74, 6) is -0.142. The molecule has 0 radical (unpaired) electrons. The Morgan fingerprint density at radius 2 is 2.09 bits per heavy atom. The van der Waals surface area contributed by atoms with Gasteiger partial charge in [0.2, 0.25) is 0 Å². The fourth-order valence-corrected chi connectivity index (χ4v) is 2.48. The lowest BCUT2D eigenvalue weighted by Crippen LogP contribution is -2.07. The molecular weight excluding hydrogens is 314 g/mol. The van der Waals surface area contributed by atoms with Crippen LogP contribution < -0.4 is 10.1 Å². The van der Waals surface area contributed by atoms with E-state index < -0.39 is 5.97 Å². The lowest BCUT2D eigenvalue weighted by molar-refractivity contribution is 0.0696. The van der Waals surface area contributed by atoms with Crippen molar-refractivity contribution in [2.45, 2.75) is 26.8 Å². The highest BCUT2D eigenvalue weighted by Crippen LogP contribution is 2.26. The molecule has 0 bridgehead atoms. The molecule has 0 atom stereocenters. The maximum atomic E-state index is 11.2. The first kappa shape index (κ1) is 17.2. The Balaban J connectivity index is 2.19. The van der Waals surface area contributed by atoms with Crippen molar-refractivity contribution in [3.05, 3.63) is 58.1 Å². The molecule has 122 valence electrons. The molecule has 4 nitrogen and oxygen atoms in total. The van der Waals surface area contributed by atoms with Gasteiger partial charge in [0.05, 0.1) is 12.2 Å². The van der Waals surface area contributed by atoms with E-state index >= 15 is 0 Å². The average Bonchev–Trinajstić information content (AvgIpc) is 2.52. The van der Waals surface area contributed by atoms with Crippen molar-refractivity contribution in [2.75, 3.05) is 11.9 Å². The van der Waals surface area contributed by atoms with Crippen LogP contribution in [0.25, 0.3) is 0 Å². The van der Waals surface area contributed by atoms with E-state index in [4.69, 9.17) is 16.3 Å². The van der Waals surface area contributed by atoms with Crippen LogP contribution in [-0.4, -0.2) is 17.7 Å². The van der Waals surface area contributed by atoms with E-state index in [0.717, 1.165) is 23.4 Å². The molecular formula is C18H20ClNO3. The molecule has 5 heteroatoms. The summed E-state index contributed by atoms with van der Waals surface area (Å²) in [6, 6.07) is 10.7. The van der Waals surface area contributed by atoms with Gasteiger partial charge < -0.3 is 15.2 Å². The molecule has 0 saturated heterocycles. The van der Waals surface area contributed by atoms with E-state index in [0.29, 0.717) is 29.3 Å². The second kappa shape index (κ2) is 7.88. The molecule has 0 aromatic heterocycles. The Hall–Kier alpha value is -2.20. The second-order valence-electron chi connectivity index (χ2n) is 5.24. The molecule has 0 aliphatic rings. The minimum Gasteiger partial charge on any atom is -0.493 e. The number of aromatic carboxylic acids is 1. The molecule has 0 aliphatic carbocycles. The van der Waals surface area contributed by atoms with Gasteiger partial charge in [0.25, 0.3) is 0 Å². The van der Waals surface area contributed by atoms with Crippen molar-refractivity contribution in [3.63, 3.8) is 0 Å². The SMILES string of the molecule is CCCOc1ccc(Cl)cc1CNc1cccc(C(=O)O)c1C. The van der Waals surface area contributed by atoms with Gasteiger partial charge in [-0.2, -0.15) is 0 Å². The summed E-state index contributed by atoms with van der Waals surface area (Å²) in [5, 5.41) is 13.1. The maximum Gasteiger partial charge on any atom is 0.336 e. The topological polar surface area (TPSA) is 58.6 Å². The molecule has 0 unspecified atom stereocenters. The zero-order valence-corrected chi connectivity index (χ0v) is 14.0. The minimum absolute atomic E-state index is 0.295. The standard InChI is InChI=1S/C18H20ClNO3/c1-3-9-23-17-8-7-14(19)10-13(17)11-20-16-6-4-5-15(12(16)2)18(21)22/h4-8,10,20H,3,9,11H2,1-2H3,(H,21,22). The van der Waals surface area contributed by atoms with Crippen LogP contribution >= 0.6 is 11.6 Å². The fourth-order valence-electron chi connectivity index (χ4n) is 2.29. The van der Waals surface area contributed by atoms with Crippen molar-refractivity contribution in [3.8, 4) is 5.75 Å². The van der Waals surface area contributed by atoms with Crippen LogP contribution in [0.2, 0.25) is 5.02 Å². The number of carboxylic acid groups (broad SMARTS) is 1. The van der Waals surface area contributed by atoms with Gasteiger partial charge in [-0.15, -0.1) is 0 Å². The van der Waals surface area contributed by atoms with Gasteiger partial charge >= 0.3 is 5.97 Å². The summed E-state index contributed by atoms with van der Waals surface area (Å²) in [6.45, 7) is 4.98. The zero-order chi connectivity index (χ0) is 16.8. The minimum atomic E-state index is -0.930. The number of nitrogens with one attached hydrogen (secondary N) is 1. The number of carboxylic acids is 1. The first-order chi connectivity index (χ1) is 11.0. The maximum absolute atomic E-state index is 11.2. The summed E-state index contributed by atoms with van der Waals surface area (Å²) in [7, 11) is 0. The number of hydrogen-bond acceptors (Lipinski definition) is 3. The van der Waals surface area contributed by atoms with Gasteiger partial charge in [0.1, 0.15) is 5.75 Å². The quantitative estimate of drug-likeness (QED) is 0.767. The van der Waals surface area contributed by atoms with Crippen molar-refractivity contribution in [1.29, 1.82) is 0 Å². The van der Waals surface area contributed by atoms with Crippen molar-refractivity contribution < 1.29 is 14.6 Å². The van der Waals surface area contributed by atoms with Gasteiger partial charge in [0, 0.05) is 22.8 Å². The van der Waals surface area contributed by atoms with E-state index in [2.05, 4.69) is 12.2 Å². The molecule has 0 fully saturated rings. The monoisotopic (exact) mass is 333 g/mol. The number of hydrogen-bond donors (Lipinski definition) is 2. The third-order valence-electron chi connectivity index (χ3n) is 3.52. The highest BCUT2D eigenvalue weighted by Gasteiger charge is 2.11. The summed E-state index contributed by atoms with van der Waals surface area (Å²) in [6.07, 6.45) is 0.926. The molecule has 0 amide bonds. The highest BCUT2D eigenvalue weighted by atomic mass is 35.5. The van der Waals surface area contributed by atoms with Crippen LogP contribution in [-0.2, 0) is 6.54 Å². The van der Waals surface area contributed by atoms with E-state index in [1.54, 1.807) is 25.1 Å². The third kappa shape index (κ3) is 4.39. The Bertz CT molecular complexity index is 701. The molecule has 2 N–H and O–H groups in total. The van der Waals surface area contributed by atoms with E-state index in [1.165, 1.54) is 0 Å². The number of halogens is 1. The van der Waals surface area contributed by atoms with Crippen molar-refractivity contribution in [1.82, 2.24) is 0 Å². The number of anilines is 1. The second-order valence-corrected chi connectivity index (χ2v) is 5.67. The summed E-state index contributed by atoms with van der Waals surface area (Å²) >= 11 is 6.07. The molecule has 2 rings (SSSR count). The molecule has 2 aromatic rings. The summed E-state index contributed by atoms with van der Waals surface area (Å²) in [4.78, 5) is 11.2. The van der Waals surface area contributed by atoms with Crippen LogP contribution in [0.4, 0.5) is 5.69 Å². The third-order valence-corrected chi connectivity index (χ3v) is 3.75. The predicted octanol–water partition coefficient (Wildman–Crippen LogP) is 4.75. The Morgan fingerprint density at radius 1 is 1.30 bits per heavy atom. The van der Waals surface area contributed by atoms with E-state index in [-0.39, 0.29) is 0 Å². The number of rotatable bonds is 7. The smallest absolute Gasteiger partial charge is 0.336 e. The Labute approximate surface area is 141 Å². The van der Waals surface area contributed by atoms with Crippen LogP contribution in [0.15, 0.2) is 36.4 Å². The molecule has 0 saturated carbocycles. The number of ether oxygens (including phenoxy) is 1. The van der Waals surface area contributed by atoms with Gasteiger partial charge in [-0.05, 0) is 49.2 Å². The zero-order valence-electron chi connectivity index (χ0n) is 13.2. The molecule has 23 heavy (non-hydrogen) atoms. The number of carbonyl (C=O) groups is 1. The summed E-state index contributed by atoms with van der Waals surface area (Å²) < 4.78 is 5.73. The number of benzene rings is 2. The summed E-state index contributed by atoms with van der Waals surface area (Å²) in [5.41, 5.74) is 2.72. The molecule has 0 heterocycles. The van der Waals surface area contributed by atoms with Crippen LogP contribution in [0, 0.1) is 6.92 Å².